The third kappa shape index (κ3) is 7.69. The van der Waals surface area contributed by atoms with Gasteiger partial charge in [0.25, 0.3) is 11.4 Å². The first-order valence-corrected chi connectivity index (χ1v) is 10.9. The number of nitro benzene ring substituents is 2. The predicted molar refractivity (Wildman–Crippen MR) is 140 cm³/mol. The molecule has 0 saturated heterocycles. The number of non-ortho nitro benzene ring substituents is 2. The van der Waals surface area contributed by atoms with Crippen molar-refractivity contribution in [1.29, 1.82) is 0 Å². The van der Waals surface area contributed by atoms with Gasteiger partial charge in [0.2, 0.25) is 0 Å². The van der Waals surface area contributed by atoms with E-state index in [0.717, 1.165) is 39.1 Å². The fraction of sp³-hybridized carbons (Fsp3) is 0.333. The van der Waals surface area contributed by atoms with E-state index in [9.17, 15) is 20.2 Å². The quantitative estimate of drug-likeness (QED) is 0.243. The van der Waals surface area contributed by atoms with Crippen LogP contribution in [0.2, 0.25) is 0 Å². The summed E-state index contributed by atoms with van der Waals surface area (Å²) in [6, 6.07) is 10.4. The van der Waals surface area contributed by atoms with E-state index in [4.69, 9.17) is 5.73 Å². The van der Waals surface area contributed by atoms with E-state index in [-0.39, 0.29) is 21.2 Å². The Balaban J connectivity index is 0.000000256. The molecule has 7 heteroatoms. The van der Waals surface area contributed by atoms with Crippen molar-refractivity contribution in [2.24, 2.45) is 0 Å². The molecule has 0 aliphatic carbocycles. The van der Waals surface area contributed by atoms with Crippen molar-refractivity contribution >= 4 is 17.1 Å². The molecular formula is C27H35N3O4. The van der Waals surface area contributed by atoms with Gasteiger partial charge >= 0.3 is 0 Å². The third-order valence-electron chi connectivity index (χ3n) is 6.19. The maximum absolute atomic E-state index is 10.4. The van der Waals surface area contributed by atoms with Gasteiger partial charge < -0.3 is 5.73 Å². The number of nitrogens with zero attached hydrogens (tertiary/aromatic N) is 2. The molecule has 7 nitrogen and oxygen atoms in total. The number of aryl methyl sites for hydroxylation is 6. The van der Waals surface area contributed by atoms with Gasteiger partial charge in [-0.25, -0.2) is 0 Å². The Bertz CT molecular complexity index is 1080. The van der Waals surface area contributed by atoms with E-state index >= 15 is 0 Å². The maximum Gasteiger partial charge on any atom is 0.269 e. The maximum atomic E-state index is 10.4. The summed E-state index contributed by atoms with van der Waals surface area (Å²) < 4.78 is 0. The number of nitrogen functional groups attached to an aromatic ring is 1. The Morgan fingerprint density at radius 3 is 0.912 bits per heavy atom. The average Bonchev–Trinajstić information content (AvgIpc) is 2.74. The predicted octanol–water partition coefficient (Wildman–Crippen LogP) is 7.23. The Morgan fingerprint density at radius 2 is 0.706 bits per heavy atom. The van der Waals surface area contributed by atoms with Gasteiger partial charge in [-0.1, -0.05) is 0 Å². The Labute approximate surface area is 201 Å². The molecule has 0 spiro atoms. The fourth-order valence-electron chi connectivity index (χ4n) is 3.31. The highest BCUT2D eigenvalue weighted by atomic mass is 16.6. The fourth-order valence-corrected chi connectivity index (χ4v) is 3.31. The molecule has 0 unspecified atom stereocenters. The minimum atomic E-state index is -0.362. The first kappa shape index (κ1) is 28.3. The van der Waals surface area contributed by atoms with Crippen LogP contribution in [0, 0.1) is 82.5 Å². The molecule has 0 saturated carbocycles. The lowest BCUT2D eigenvalue weighted by atomic mass is 10.0. The summed E-state index contributed by atoms with van der Waals surface area (Å²) >= 11 is 0. The molecule has 34 heavy (non-hydrogen) atoms. The highest BCUT2D eigenvalue weighted by Gasteiger charge is 2.09. The molecule has 2 N–H and O–H groups in total. The van der Waals surface area contributed by atoms with Crippen molar-refractivity contribution in [2.45, 2.75) is 62.3 Å². The summed E-state index contributed by atoms with van der Waals surface area (Å²) in [4.78, 5) is 20.1. The molecule has 0 heterocycles. The van der Waals surface area contributed by atoms with Crippen molar-refractivity contribution in [3.63, 3.8) is 0 Å². The number of anilines is 1. The summed E-state index contributed by atoms with van der Waals surface area (Å²) in [5, 5.41) is 20.8. The highest BCUT2D eigenvalue weighted by Crippen LogP contribution is 2.21. The topological polar surface area (TPSA) is 112 Å². The molecule has 0 aromatic heterocycles. The smallest absolute Gasteiger partial charge is 0.269 e. The van der Waals surface area contributed by atoms with Crippen LogP contribution in [-0.2, 0) is 0 Å². The monoisotopic (exact) mass is 465 g/mol. The van der Waals surface area contributed by atoms with Gasteiger partial charge in [0.15, 0.2) is 0 Å². The molecule has 0 aliphatic heterocycles. The van der Waals surface area contributed by atoms with Crippen LogP contribution in [0.4, 0.5) is 17.1 Å². The number of rotatable bonds is 2. The lowest BCUT2D eigenvalue weighted by molar-refractivity contribution is -0.385. The number of nitrogens with two attached hydrogens (primary N) is 1. The van der Waals surface area contributed by atoms with Crippen molar-refractivity contribution in [2.75, 3.05) is 5.73 Å². The lowest BCUT2D eigenvalue weighted by Gasteiger charge is -2.04. The van der Waals surface area contributed by atoms with Crippen molar-refractivity contribution < 1.29 is 9.85 Å². The lowest BCUT2D eigenvalue weighted by Crippen LogP contribution is -1.92. The van der Waals surface area contributed by atoms with E-state index in [0.29, 0.717) is 0 Å². The summed E-state index contributed by atoms with van der Waals surface area (Å²) in [5.41, 5.74) is 16.9. The molecule has 0 bridgehead atoms. The number of hydrogen-bond acceptors (Lipinski definition) is 5. The Hall–Kier alpha value is -3.74. The van der Waals surface area contributed by atoms with Gasteiger partial charge in [0.05, 0.1) is 9.85 Å². The Morgan fingerprint density at radius 1 is 0.500 bits per heavy atom. The van der Waals surface area contributed by atoms with Gasteiger partial charge in [-0.15, -0.1) is 0 Å². The minimum Gasteiger partial charge on any atom is -0.399 e. The van der Waals surface area contributed by atoms with Gasteiger partial charge in [0, 0.05) is 30.0 Å². The summed E-state index contributed by atoms with van der Waals surface area (Å²) in [6.07, 6.45) is 0. The standard InChI is InChI=1S/2C9H11NO2.C9H13N/c2*1-6-4-9(10(11)12)5-7(2)8(6)3;1-6-4-9(10)5-7(2)8(6)3/h2*4-5H,1-3H3;4-5H,10H2,1-3H3. The normalized spacial score (nSPS) is 9.91. The van der Waals surface area contributed by atoms with Gasteiger partial charge in [0.1, 0.15) is 0 Å². The summed E-state index contributed by atoms with van der Waals surface area (Å²) in [5.74, 6) is 0. The molecule has 3 rings (SSSR count). The zero-order valence-electron chi connectivity index (χ0n) is 21.6. The van der Waals surface area contributed by atoms with Crippen LogP contribution in [0.5, 0.6) is 0 Å². The second kappa shape index (κ2) is 11.9. The van der Waals surface area contributed by atoms with Gasteiger partial charge in [-0.3, -0.25) is 20.2 Å². The summed E-state index contributed by atoms with van der Waals surface area (Å²) in [7, 11) is 0. The molecular weight excluding hydrogens is 430 g/mol. The van der Waals surface area contributed by atoms with Gasteiger partial charge in [-0.05, 0) is 125 Å². The van der Waals surface area contributed by atoms with E-state index in [1.165, 1.54) is 16.7 Å². The molecule has 0 fully saturated rings. The van der Waals surface area contributed by atoms with Crippen LogP contribution in [0.1, 0.15) is 50.1 Å². The third-order valence-corrected chi connectivity index (χ3v) is 6.19. The van der Waals surface area contributed by atoms with Crippen LogP contribution < -0.4 is 5.73 Å². The number of hydrogen-bond donors (Lipinski definition) is 1. The molecule has 3 aromatic carbocycles. The molecule has 0 amide bonds. The summed E-state index contributed by atoms with van der Waals surface area (Å²) in [6.45, 7) is 17.7. The highest BCUT2D eigenvalue weighted by molar-refractivity contribution is 5.48. The zero-order chi connectivity index (χ0) is 26.3. The number of benzene rings is 3. The zero-order valence-corrected chi connectivity index (χ0v) is 21.6. The number of nitro groups is 2. The molecule has 3 aromatic rings. The van der Waals surface area contributed by atoms with Crippen LogP contribution in [0.25, 0.3) is 0 Å². The van der Waals surface area contributed by atoms with E-state index in [1.54, 1.807) is 24.3 Å². The van der Waals surface area contributed by atoms with E-state index in [1.807, 2.05) is 53.7 Å². The second-order valence-electron chi connectivity index (χ2n) is 8.70. The Kier molecular flexibility index (Phi) is 9.93. The van der Waals surface area contributed by atoms with Crippen molar-refractivity contribution in [3.8, 4) is 0 Å². The van der Waals surface area contributed by atoms with E-state index in [2.05, 4.69) is 20.8 Å². The van der Waals surface area contributed by atoms with Crippen LogP contribution in [0.15, 0.2) is 36.4 Å². The van der Waals surface area contributed by atoms with Crippen LogP contribution in [0.3, 0.4) is 0 Å². The molecule has 0 radical (unpaired) electrons. The van der Waals surface area contributed by atoms with Crippen LogP contribution in [-0.4, -0.2) is 9.85 Å². The minimum absolute atomic E-state index is 0.176. The second-order valence-corrected chi connectivity index (χ2v) is 8.70. The van der Waals surface area contributed by atoms with Crippen molar-refractivity contribution in [1.82, 2.24) is 0 Å². The average molecular weight is 466 g/mol. The van der Waals surface area contributed by atoms with Gasteiger partial charge in [-0.2, -0.15) is 0 Å². The molecule has 182 valence electrons. The SMILES string of the molecule is Cc1cc(N)cc(C)c1C.Cc1cc([N+](=O)[O-])cc(C)c1C.Cc1cc([N+](=O)[O-])cc(C)c1C. The largest absolute Gasteiger partial charge is 0.399 e. The van der Waals surface area contributed by atoms with Crippen molar-refractivity contribution in [3.05, 3.63) is 107 Å². The van der Waals surface area contributed by atoms with Crippen LogP contribution >= 0.6 is 0 Å². The molecule has 0 aliphatic rings. The van der Waals surface area contributed by atoms with E-state index < -0.39 is 0 Å². The first-order chi connectivity index (χ1) is 15.6. The first-order valence-electron chi connectivity index (χ1n) is 10.9. The molecule has 0 atom stereocenters.